The molecule has 1 aliphatic heterocycles. The van der Waals surface area contributed by atoms with E-state index < -0.39 is 24.0 Å². The summed E-state index contributed by atoms with van der Waals surface area (Å²) in [5.41, 5.74) is 4.64. The molecule has 0 aromatic heterocycles. The lowest BCUT2D eigenvalue weighted by Gasteiger charge is -2.17. The van der Waals surface area contributed by atoms with E-state index in [2.05, 4.69) is 34.9 Å². The molecular weight excluding hydrogens is 448 g/mol. The Bertz CT molecular complexity index is 1070. The molecule has 3 atom stereocenters. The summed E-state index contributed by atoms with van der Waals surface area (Å²) in [5, 5.41) is 14.8. The van der Waals surface area contributed by atoms with Crippen molar-refractivity contribution in [3.8, 4) is 11.1 Å². The second-order valence-corrected chi connectivity index (χ2v) is 9.67. The van der Waals surface area contributed by atoms with Gasteiger partial charge >= 0.3 is 12.1 Å². The third-order valence-electron chi connectivity index (χ3n) is 7.15. The summed E-state index contributed by atoms with van der Waals surface area (Å²) in [7, 11) is 0. The number of carbonyl (C=O) groups is 3. The van der Waals surface area contributed by atoms with E-state index in [1.807, 2.05) is 24.3 Å². The van der Waals surface area contributed by atoms with Gasteiger partial charge in [-0.2, -0.15) is 0 Å². The van der Waals surface area contributed by atoms with Crippen molar-refractivity contribution in [3.05, 3.63) is 59.7 Å². The third kappa shape index (κ3) is 5.32. The van der Waals surface area contributed by atoms with Gasteiger partial charge in [-0.1, -0.05) is 61.4 Å². The van der Waals surface area contributed by atoms with Gasteiger partial charge in [0.15, 0.2) is 0 Å². The van der Waals surface area contributed by atoms with Crippen LogP contribution in [0.1, 0.15) is 42.7 Å². The van der Waals surface area contributed by atoms with Crippen molar-refractivity contribution in [2.75, 3.05) is 19.8 Å². The maximum absolute atomic E-state index is 12.5. The van der Waals surface area contributed by atoms with Crippen molar-refractivity contribution in [1.29, 1.82) is 0 Å². The van der Waals surface area contributed by atoms with Crippen LogP contribution in [0.25, 0.3) is 11.1 Å². The predicted molar refractivity (Wildman–Crippen MR) is 128 cm³/mol. The molecular formula is C27H30N2O6. The highest BCUT2D eigenvalue weighted by Gasteiger charge is 2.35. The van der Waals surface area contributed by atoms with Gasteiger partial charge < -0.3 is 25.2 Å². The fourth-order valence-corrected chi connectivity index (χ4v) is 5.08. The number of alkyl carbamates (subject to hydrolysis) is 1. The van der Waals surface area contributed by atoms with E-state index in [1.54, 1.807) is 0 Å². The van der Waals surface area contributed by atoms with Gasteiger partial charge in [0, 0.05) is 12.5 Å². The molecule has 2 aromatic carbocycles. The first-order valence-electron chi connectivity index (χ1n) is 12.2. The van der Waals surface area contributed by atoms with Gasteiger partial charge in [-0.3, -0.25) is 4.79 Å². The number of benzene rings is 2. The van der Waals surface area contributed by atoms with Crippen LogP contribution < -0.4 is 10.6 Å². The van der Waals surface area contributed by atoms with Crippen LogP contribution in [0.4, 0.5) is 4.79 Å². The van der Waals surface area contributed by atoms with E-state index in [0.717, 1.165) is 24.0 Å². The molecule has 2 amide bonds. The Labute approximate surface area is 204 Å². The molecule has 1 heterocycles. The smallest absolute Gasteiger partial charge is 0.407 e. The molecule has 184 valence electrons. The molecule has 8 nitrogen and oxygen atoms in total. The lowest BCUT2D eigenvalue weighted by molar-refractivity contribution is -0.142. The van der Waals surface area contributed by atoms with Crippen LogP contribution in [0.2, 0.25) is 0 Å². The van der Waals surface area contributed by atoms with Crippen LogP contribution in [0.3, 0.4) is 0 Å². The molecule has 3 aliphatic rings. The first kappa shape index (κ1) is 23.4. The second-order valence-electron chi connectivity index (χ2n) is 9.67. The van der Waals surface area contributed by atoms with Crippen LogP contribution in [-0.4, -0.2) is 55.0 Å². The average molecular weight is 479 g/mol. The molecule has 2 aliphatic carbocycles. The molecule has 2 aromatic rings. The monoisotopic (exact) mass is 478 g/mol. The van der Waals surface area contributed by atoms with E-state index >= 15 is 0 Å². The topological polar surface area (TPSA) is 114 Å². The van der Waals surface area contributed by atoms with Crippen LogP contribution in [0.5, 0.6) is 0 Å². The maximum Gasteiger partial charge on any atom is 0.407 e. The lowest BCUT2D eigenvalue weighted by Crippen LogP contribution is -2.44. The van der Waals surface area contributed by atoms with E-state index in [0.29, 0.717) is 18.8 Å². The number of hydrogen-bond acceptors (Lipinski definition) is 5. The standard InChI is InChI=1S/C27H30N2O6/c30-25(29-24(26(31)32)11-16-9-10-16)17-12-18(34-14-17)13-28-27(33)35-15-23-21-7-3-1-5-19(21)20-6-2-4-8-22(20)23/h1-8,16-18,23-24H,9-15H2,(H,28,33)(H,29,30)(H,31,32)/t17-,18-,24-/m0/s1. The fourth-order valence-electron chi connectivity index (χ4n) is 5.08. The average Bonchev–Trinajstić information content (AvgIpc) is 3.45. The van der Waals surface area contributed by atoms with Crippen molar-refractivity contribution in [3.63, 3.8) is 0 Å². The molecule has 5 rings (SSSR count). The van der Waals surface area contributed by atoms with Gasteiger partial charge in [-0.05, 0) is 41.0 Å². The predicted octanol–water partition coefficient (Wildman–Crippen LogP) is 3.30. The number of carboxylic acids is 1. The molecule has 0 bridgehead atoms. The van der Waals surface area contributed by atoms with Crippen LogP contribution >= 0.6 is 0 Å². The summed E-state index contributed by atoms with van der Waals surface area (Å²) < 4.78 is 11.2. The van der Waals surface area contributed by atoms with E-state index in [1.165, 1.54) is 11.1 Å². The number of carbonyl (C=O) groups excluding carboxylic acids is 2. The van der Waals surface area contributed by atoms with Gasteiger partial charge in [-0.25, -0.2) is 9.59 Å². The zero-order chi connectivity index (χ0) is 24.4. The number of carboxylic acid groups (broad SMARTS) is 1. The summed E-state index contributed by atoms with van der Waals surface area (Å²) in [6.45, 7) is 0.664. The minimum atomic E-state index is -1.00. The van der Waals surface area contributed by atoms with E-state index in [-0.39, 0.29) is 37.7 Å². The van der Waals surface area contributed by atoms with Gasteiger partial charge in [0.05, 0.1) is 18.6 Å². The Kier molecular flexibility index (Phi) is 6.72. The Hall–Kier alpha value is -3.39. The first-order chi connectivity index (χ1) is 17.0. The second kappa shape index (κ2) is 10.1. The largest absolute Gasteiger partial charge is 0.480 e. The van der Waals surface area contributed by atoms with Crippen molar-refractivity contribution >= 4 is 18.0 Å². The molecule has 0 unspecified atom stereocenters. The molecule has 2 fully saturated rings. The molecule has 35 heavy (non-hydrogen) atoms. The first-order valence-corrected chi connectivity index (χ1v) is 12.2. The number of aliphatic carboxylic acids is 1. The summed E-state index contributed by atoms with van der Waals surface area (Å²) in [5.74, 6) is -1.35. The quantitative estimate of drug-likeness (QED) is 0.510. The van der Waals surface area contributed by atoms with Gasteiger partial charge in [0.2, 0.25) is 5.91 Å². The Balaban J connectivity index is 1.08. The molecule has 8 heteroatoms. The molecule has 3 N–H and O–H groups in total. The van der Waals surface area contributed by atoms with Crippen molar-refractivity contribution < 1.29 is 29.0 Å². The number of fused-ring (bicyclic) bond motifs is 3. The van der Waals surface area contributed by atoms with Crippen molar-refractivity contribution in [2.45, 2.75) is 43.7 Å². The van der Waals surface area contributed by atoms with E-state index in [4.69, 9.17) is 9.47 Å². The number of nitrogens with one attached hydrogen (secondary N) is 2. The van der Waals surface area contributed by atoms with Gasteiger partial charge in [0.1, 0.15) is 12.6 Å². The Morgan fingerprint density at radius 3 is 2.31 bits per heavy atom. The highest BCUT2D eigenvalue weighted by atomic mass is 16.5. The van der Waals surface area contributed by atoms with Crippen LogP contribution in [0, 0.1) is 11.8 Å². The SMILES string of the molecule is O=C(NC[C@@H]1C[C@H](C(=O)N[C@@H](CC2CC2)C(=O)O)CO1)OCC1c2ccccc2-c2ccccc21. The van der Waals surface area contributed by atoms with Crippen molar-refractivity contribution in [2.24, 2.45) is 11.8 Å². The minimum Gasteiger partial charge on any atom is -0.480 e. The zero-order valence-electron chi connectivity index (χ0n) is 19.4. The Morgan fingerprint density at radius 1 is 1.03 bits per heavy atom. The highest BCUT2D eigenvalue weighted by molar-refractivity contribution is 5.85. The maximum atomic E-state index is 12.5. The minimum absolute atomic E-state index is 0.0122. The van der Waals surface area contributed by atoms with E-state index in [9.17, 15) is 19.5 Å². The van der Waals surface area contributed by atoms with Crippen LogP contribution in [-0.2, 0) is 19.1 Å². The molecule has 1 saturated carbocycles. The Morgan fingerprint density at radius 2 is 1.69 bits per heavy atom. The van der Waals surface area contributed by atoms with Gasteiger partial charge in [-0.15, -0.1) is 0 Å². The highest BCUT2D eigenvalue weighted by Crippen LogP contribution is 2.44. The summed E-state index contributed by atoms with van der Waals surface area (Å²) >= 11 is 0. The summed E-state index contributed by atoms with van der Waals surface area (Å²) in [4.78, 5) is 36.4. The third-order valence-corrected chi connectivity index (χ3v) is 7.15. The fraction of sp³-hybridized carbons (Fsp3) is 0.444. The molecule has 0 radical (unpaired) electrons. The summed E-state index contributed by atoms with van der Waals surface area (Å²) in [6.07, 6.45) is 2.09. The number of rotatable bonds is 9. The van der Waals surface area contributed by atoms with Gasteiger partial charge in [0.25, 0.3) is 0 Å². The summed E-state index contributed by atoms with van der Waals surface area (Å²) in [6, 6.07) is 15.5. The van der Waals surface area contributed by atoms with Crippen LogP contribution in [0.15, 0.2) is 48.5 Å². The molecule has 0 spiro atoms. The van der Waals surface area contributed by atoms with Crippen molar-refractivity contribution in [1.82, 2.24) is 10.6 Å². The molecule has 1 saturated heterocycles. The normalized spacial score (nSPS) is 21.6. The lowest BCUT2D eigenvalue weighted by atomic mass is 9.98. The number of ether oxygens (including phenoxy) is 2. The number of hydrogen-bond donors (Lipinski definition) is 3. The number of amides is 2. The zero-order valence-corrected chi connectivity index (χ0v) is 19.4.